The van der Waals surface area contributed by atoms with Crippen molar-refractivity contribution in [2.24, 2.45) is 0 Å². The molecule has 0 saturated heterocycles. The second-order valence-electron chi connectivity index (χ2n) is 4.86. The molecule has 0 aliphatic rings. The first-order valence-corrected chi connectivity index (χ1v) is 7.12. The number of fused-ring (bicyclic) bond motifs is 1. The molecule has 0 spiro atoms. The van der Waals surface area contributed by atoms with E-state index in [0.29, 0.717) is 5.88 Å². The maximum atomic E-state index is 5.99. The van der Waals surface area contributed by atoms with Gasteiger partial charge in [0.15, 0.2) is 0 Å². The van der Waals surface area contributed by atoms with E-state index in [1.54, 1.807) is 0 Å². The summed E-state index contributed by atoms with van der Waals surface area (Å²) in [5, 5.41) is 2.38. The van der Waals surface area contributed by atoms with Crippen molar-refractivity contribution in [3.05, 3.63) is 71.8 Å². The molecule has 0 aliphatic heterocycles. The Balaban J connectivity index is 1.96. The fourth-order valence-corrected chi connectivity index (χ4v) is 2.48. The predicted molar refractivity (Wildman–Crippen MR) is 84.8 cm³/mol. The van der Waals surface area contributed by atoms with Crippen LogP contribution in [-0.4, -0.2) is 0 Å². The Morgan fingerprint density at radius 2 is 1.70 bits per heavy atom. The molecule has 0 saturated carbocycles. The lowest BCUT2D eigenvalue weighted by molar-refractivity contribution is 0.479. The molecule has 0 aromatic heterocycles. The van der Waals surface area contributed by atoms with Crippen molar-refractivity contribution in [1.29, 1.82) is 0 Å². The Kier molecular flexibility index (Phi) is 3.62. The second kappa shape index (κ2) is 5.56. The number of aryl methyl sites for hydroxylation is 1. The van der Waals surface area contributed by atoms with Gasteiger partial charge in [0, 0.05) is 5.56 Å². The summed E-state index contributed by atoms with van der Waals surface area (Å²) in [5.41, 5.74) is 2.20. The molecule has 1 nitrogen and oxygen atoms in total. The first-order valence-electron chi connectivity index (χ1n) is 6.58. The third kappa shape index (κ3) is 2.63. The Labute approximate surface area is 123 Å². The predicted octanol–water partition coefficient (Wildman–Crippen LogP) is 5.68. The molecule has 3 aromatic rings. The first kappa shape index (κ1) is 13.0. The number of rotatable bonds is 3. The molecule has 100 valence electrons. The van der Waals surface area contributed by atoms with E-state index in [9.17, 15) is 0 Å². The van der Waals surface area contributed by atoms with Gasteiger partial charge in [0.25, 0.3) is 0 Å². The summed E-state index contributed by atoms with van der Waals surface area (Å²) in [6, 6.07) is 20.4. The number of ether oxygens (including phenoxy) is 1. The molecule has 20 heavy (non-hydrogen) atoms. The van der Waals surface area contributed by atoms with E-state index in [2.05, 4.69) is 31.2 Å². The van der Waals surface area contributed by atoms with Crippen LogP contribution in [0.2, 0.25) is 0 Å². The van der Waals surface area contributed by atoms with Crippen molar-refractivity contribution in [2.45, 2.75) is 12.8 Å². The summed E-state index contributed by atoms with van der Waals surface area (Å²) in [4.78, 5) is 0. The monoisotopic (exact) mass is 282 g/mol. The van der Waals surface area contributed by atoms with Crippen LogP contribution >= 0.6 is 11.6 Å². The third-order valence-electron chi connectivity index (χ3n) is 3.31. The van der Waals surface area contributed by atoms with E-state index in [1.807, 2.05) is 36.4 Å². The van der Waals surface area contributed by atoms with Gasteiger partial charge in [0.1, 0.15) is 11.5 Å². The lowest BCUT2D eigenvalue weighted by Gasteiger charge is -2.11. The molecule has 0 radical (unpaired) electrons. The topological polar surface area (TPSA) is 9.23 Å². The highest BCUT2D eigenvalue weighted by Crippen LogP contribution is 2.29. The summed E-state index contributed by atoms with van der Waals surface area (Å²) in [5.74, 6) is 2.10. The average Bonchev–Trinajstić information content (AvgIpc) is 2.49. The largest absolute Gasteiger partial charge is 0.457 e. The standard InChI is InChI=1S/C18H15ClO/c1-13-6-9-18(16(10-13)12-19)20-17-8-7-14-4-2-3-5-15(14)11-17/h2-11H,12H2,1H3. The van der Waals surface area contributed by atoms with E-state index in [0.717, 1.165) is 17.1 Å². The molecular formula is C18H15ClO. The molecule has 0 fully saturated rings. The van der Waals surface area contributed by atoms with Crippen LogP contribution in [0.3, 0.4) is 0 Å². The van der Waals surface area contributed by atoms with Crippen molar-refractivity contribution in [3.8, 4) is 11.5 Å². The Morgan fingerprint density at radius 1 is 0.900 bits per heavy atom. The molecule has 0 unspecified atom stereocenters. The highest BCUT2D eigenvalue weighted by molar-refractivity contribution is 6.17. The molecule has 0 atom stereocenters. The van der Waals surface area contributed by atoms with Crippen molar-refractivity contribution < 1.29 is 4.74 Å². The van der Waals surface area contributed by atoms with Crippen molar-refractivity contribution >= 4 is 22.4 Å². The van der Waals surface area contributed by atoms with Crippen molar-refractivity contribution in [3.63, 3.8) is 0 Å². The van der Waals surface area contributed by atoms with Crippen LogP contribution in [0.15, 0.2) is 60.7 Å². The lowest BCUT2D eigenvalue weighted by Crippen LogP contribution is -1.90. The van der Waals surface area contributed by atoms with Gasteiger partial charge in [-0.2, -0.15) is 0 Å². The minimum absolute atomic E-state index is 0.449. The van der Waals surface area contributed by atoms with Crippen LogP contribution in [0.25, 0.3) is 10.8 Å². The van der Waals surface area contributed by atoms with Gasteiger partial charge in [0.2, 0.25) is 0 Å². The highest BCUT2D eigenvalue weighted by atomic mass is 35.5. The zero-order valence-corrected chi connectivity index (χ0v) is 12.0. The van der Waals surface area contributed by atoms with Crippen LogP contribution in [0.1, 0.15) is 11.1 Å². The Hall–Kier alpha value is -1.99. The quantitative estimate of drug-likeness (QED) is 0.562. The number of hydrogen-bond donors (Lipinski definition) is 0. The summed E-state index contributed by atoms with van der Waals surface area (Å²) >= 11 is 5.99. The first-order chi connectivity index (χ1) is 9.76. The van der Waals surface area contributed by atoms with Gasteiger partial charge >= 0.3 is 0 Å². The lowest BCUT2D eigenvalue weighted by atomic mass is 10.1. The molecule has 3 rings (SSSR count). The molecule has 0 aliphatic carbocycles. The Bertz CT molecular complexity index is 749. The highest BCUT2D eigenvalue weighted by Gasteiger charge is 2.05. The number of benzene rings is 3. The van der Waals surface area contributed by atoms with Crippen molar-refractivity contribution in [2.75, 3.05) is 0 Å². The molecule has 0 N–H and O–H groups in total. The van der Waals surface area contributed by atoms with Crippen LogP contribution < -0.4 is 4.74 Å². The van der Waals surface area contributed by atoms with Crippen LogP contribution in [0.5, 0.6) is 11.5 Å². The molecule has 2 heteroatoms. The van der Waals surface area contributed by atoms with Crippen LogP contribution in [0.4, 0.5) is 0 Å². The van der Waals surface area contributed by atoms with E-state index < -0.39 is 0 Å². The van der Waals surface area contributed by atoms with E-state index in [1.165, 1.54) is 16.3 Å². The van der Waals surface area contributed by atoms with E-state index in [4.69, 9.17) is 16.3 Å². The minimum atomic E-state index is 0.449. The summed E-state index contributed by atoms with van der Waals surface area (Å²) in [6.07, 6.45) is 0. The number of hydrogen-bond acceptors (Lipinski definition) is 1. The summed E-state index contributed by atoms with van der Waals surface area (Å²) in [7, 11) is 0. The van der Waals surface area contributed by atoms with Gasteiger partial charge in [-0.05, 0) is 35.9 Å². The van der Waals surface area contributed by atoms with Gasteiger partial charge in [-0.1, -0.05) is 48.0 Å². The maximum Gasteiger partial charge on any atom is 0.131 e. The SMILES string of the molecule is Cc1ccc(Oc2ccc3ccccc3c2)c(CCl)c1. The van der Waals surface area contributed by atoms with Gasteiger partial charge < -0.3 is 4.74 Å². The molecule has 0 heterocycles. The second-order valence-corrected chi connectivity index (χ2v) is 5.12. The Morgan fingerprint density at radius 3 is 2.50 bits per heavy atom. The normalized spacial score (nSPS) is 10.7. The number of alkyl halides is 1. The molecule has 0 bridgehead atoms. The smallest absolute Gasteiger partial charge is 0.131 e. The molecule has 3 aromatic carbocycles. The van der Waals surface area contributed by atoms with Gasteiger partial charge in [-0.3, -0.25) is 0 Å². The van der Waals surface area contributed by atoms with Gasteiger partial charge in [-0.15, -0.1) is 11.6 Å². The zero-order valence-electron chi connectivity index (χ0n) is 11.3. The zero-order chi connectivity index (χ0) is 13.9. The fourth-order valence-electron chi connectivity index (χ4n) is 2.27. The summed E-state index contributed by atoms with van der Waals surface area (Å²) in [6.45, 7) is 2.05. The van der Waals surface area contributed by atoms with E-state index in [-0.39, 0.29) is 0 Å². The van der Waals surface area contributed by atoms with Gasteiger partial charge in [0.05, 0.1) is 5.88 Å². The number of halogens is 1. The van der Waals surface area contributed by atoms with Gasteiger partial charge in [-0.25, -0.2) is 0 Å². The van der Waals surface area contributed by atoms with Crippen LogP contribution in [-0.2, 0) is 5.88 Å². The van der Waals surface area contributed by atoms with Crippen molar-refractivity contribution in [1.82, 2.24) is 0 Å². The van der Waals surface area contributed by atoms with Crippen LogP contribution in [0, 0.1) is 6.92 Å². The average molecular weight is 283 g/mol. The molecule has 0 amide bonds. The third-order valence-corrected chi connectivity index (χ3v) is 3.60. The maximum absolute atomic E-state index is 5.99. The fraction of sp³-hybridized carbons (Fsp3) is 0.111. The van der Waals surface area contributed by atoms with E-state index >= 15 is 0 Å². The minimum Gasteiger partial charge on any atom is -0.457 e. The summed E-state index contributed by atoms with van der Waals surface area (Å²) < 4.78 is 5.98. The molecular weight excluding hydrogens is 268 g/mol.